The Bertz CT molecular complexity index is 565. The second-order valence-corrected chi connectivity index (χ2v) is 4.22. The molecule has 92 valence electrons. The molecule has 0 saturated heterocycles. The van der Waals surface area contributed by atoms with Crippen molar-refractivity contribution in [3.63, 3.8) is 0 Å². The summed E-state index contributed by atoms with van der Waals surface area (Å²) in [7, 11) is 1.75. The van der Waals surface area contributed by atoms with Gasteiger partial charge in [0.15, 0.2) is 0 Å². The monoisotopic (exact) mass is 259 g/mol. The maximum atomic E-state index is 6.02. The number of benzene rings is 2. The van der Waals surface area contributed by atoms with E-state index in [2.05, 4.69) is 10.5 Å². The number of nitrogens with zero attached hydrogens (tertiary/aromatic N) is 1. The first-order valence-corrected chi connectivity index (χ1v) is 5.95. The Hall–Kier alpha value is -2.00. The lowest BCUT2D eigenvalue weighted by atomic mass is 10.0. The third-order valence-electron chi connectivity index (χ3n) is 2.54. The maximum Gasteiger partial charge on any atom is 0.0994 e. The minimum atomic E-state index is 0.638. The summed E-state index contributed by atoms with van der Waals surface area (Å²) in [6.07, 6.45) is 0. The zero-order valence-electron chi connectivity index (χ0n) is 10.0. The van der Waals surface area contributed by atoms with Crippen LogP contribution in [0.5, 0.6) is 0 Å². The van der Waals surface area contributed by atoms with Gasteiger partial charge in [-0.25, -0.2) is 0 Å². The summed E-state index contributed by atoms with van der Waals surface area (Å²) in [6, 6.07) is 15.2. The number of nitrogen functional groups attached to an aromatic ring is 1. The molecule has 2 aromatic carbocycles. The van der Waals surface area contributed by atoms with Gasteiger partial charge in [-0.15, -0.1) is 0 Å². The van der Waals surface area contributed by atoms with Crippen molar-refractivity contribution in [2.24, 2.45) is 5.10 Å². The highest BCUT2D eigenvalue weighted by Gasteiger charge is 2.10. The lowest BCUT2D eigenvalue weighted by molar-refractivity contribution is 0.901. The molecular weight excluding hydrogens is 246 g/mol. The zero-order valence-corrected chi connectivity index (χ0v) is 10.8. The number of nitrogens with two attached hydrogens (primary N) is 1. The van der Waals surface area contributed by atoms with Crippen LogP contribution in [0.4, 0.5) is 5.69 Å². The van der Waals surface area contributed by atoms with Gasteiger partial charge in [0, 0.05) is 28.9 Å². The molecule has 0 saturated carbocycles. The average Bonchev–Trinajstić information content (AvgIpc) is 2.40. The van der Waals surface area contributed by atoms with Crippen molar-refractivity contribution in [1.82, 2.24) is 5.43 Å². The van der Waals surface area contributed by atoms with Gasteiger partial charge in [0.2, 0.25) is 0 Å². The molecule has 3 N–H and O–H groups in total. The lowest BCUT2D eigenvalue weighted by Crippen LogP contribution is -2.11. The van der Waals surface area contributed by atoms with E-state index in [0.29, 0.717) is 10.7 Å². The van der Waals surface area contributed by atoms with Crippen molar-refractivity contribution < 1.29 is 0 Å². The van der Waals surface area contributed by atoms with E-state index in [1.807, 2.05) is 36.4 Å². The molecule has 0 amide bonds. The third kappa shape index (κ3) is 2.63. The van der Waals surface area contributed by atoms with Gasteiger partial charge in [-0.05, 0) is 18.2 Å². The van der Waals surface area contributed by atoms with Crippen molar-refractivity contribution in [2.45, 2.75) is 0 Å². The van der Waals surface area contributed by atoms with Gasteiger partial charge in [0.25, 0.3) is 0 Å². The summed E-state index contributed by atoms with van der Waals surface area (Å²) in [5.41, 5.74) is 12.0. The first-order valence-electron chi connectivity index (χ1n) is 5.57. The molecule has 3 nitrogen and oxygen atoms in total. The van der Waals surface area contributed by atoms with E-state index in [1.165, 1.54) is 0 Å². The van der Waals surface area contributed by atoms with E-state index in [4.69, 9.17) is 17.3 Å². The number of halogens is 1. The summed E-state index contributed by atoms with van der Waals surface area (Å²) in [5, 5.41) is 4.93. The number of hydrogen-bond donors (Lipinski definition) is 2. The zero-order chi connectivity index (χ0) is 13.0. The number of hydrazone groups is 1. The van der Waals surface area contributed by atoms with Crippen LogP contribution in [0.1, 0.15) is 11.1 Å². The van der Waals surface area contributed by atoms with Crippen molar-refractivity contribution >= 4 is 23.0 Å². The highest BCUT2D eigenvalue weighted by molar-refractivity contribution is 6.31. The highest BCUT2D eigenvalue weighted by Crippen LogP contribution is 2.21. The SMILES string of the molecule is CN/N=C(\c1ccccc1)c1cc(Cl)ccc1N. The van der Waals surface area contributed by atoms with Gasteiger partial charge >= 0.3 is 0 Å². The Morgan fingerprint density at radius 3 is 2.56 bits per heavy atom. The lowest BCUT2D eigenvalue weighted by Gasteiger charge is -2.10. The van der Waals surface area contributed by atoms with Crippen molar-refractivity contribution in [2.75, 3.05) is 12.8 Å². The van der Waals surface area contributed by atoms with Crippen LogP contribution in [-0.2, 0) is 0 Å². The molecule has 0 unspecified atom stereocenters. The Labute approximate surface area is 111 Å². The van der Waals surface area contributed by atoms with Gasteiger partial charge < -0.3 is 11.2 Å². The van der Waals surface area contributed by atoms with Crippen LogP contribution in [0.25, 0.3) is 0 Å². The van der Waals surface area contributed by atoms with Crippen LogP contribution in [0.3, 0.4) is 0 Å². The first kappa shape index (κ1) is 12.5. The number of rotatable bonds is 3. The molecule has 0 bridgehead atoms. The molecule has 0 heterocycles. The quantitative estimate of drug-likeness (QED) is 0.506. The van der Waals surface area contributed by atoms with Crippen molar-refractivity contribution in [3.8, 4) is 0 Å². The topological polar surface area (TPSA) is 50.4 Å². The molecule has 4 heteroatoms. The Balaban J connectivity index is 2.56. The van der Waals surface area contributed by atoms with Gasteiger partial charge in [-0.2, -0.15) is 5.10 Å². The molecule has 2 rings (SSSR count). The summed E-state index contributed by atoms with van der Waals surface area (Å²) in [6.45, 7) is 0. The number of hydrogen-bond acceptors (Lipinski definition) is 3. The molecule has 2 aromatic rings. The van der Waals surface area contributed by atoms with E-state index in [0.717, 1.165) is 16.8 Å². The summed E-state index contributed by atoms with van der Waals surface area (Å²) in [5.74, 6) is 0. The average molecular weight is 260 g/mol. The predicted molar refractivity (Wildman–Crippen MR) is 77.0 cm³/mol. The minimum absolute atomic E-state index is 0.638. The van der Waals surface area contributed by atoms with Crippen LogP contribution in [-0.4, -0.2) is 12.8 Å². The number of anilines is 1. The maximum absolute atomic E-state index is 6.02. The molecule has 0 aliphatic carbocycles. The van der Waals surface area contributed by atoms with Gasteiger partial charge in [0.1, 0.15) is 0 Å². The fourth-order valence-electron chi connectivity index (χ4n) is 1.72. The van der Waals surface area contributed by atoms with Crippen LogP contribution in [0.2, 0.25) is 5.02 Å². The van der Waals surface area contributed by atoms with Gasteiger partial charge in [-0.1, -0.05) is 41.9 Å². The summed E-state index contributed by atoms with van der Waals surface area (Å²) in [4.78, 5) is 0. The van der Waals surface area contributed by atoms with Gasteiger partial charge in [0.05, 0.1) is 5.71 Å². The highest BCUT2D eigenvalue weighted by atomic mass is 35.5. The molecule has 18 heavy (non-hydrogen) atoms. The minimum Gasteiger partial charge on any atom is -0.398 e. The predicted octanol–water partition coefficient (Wildman–Crippen LogP) is 2.89. The second-order valence-electron chi connectivity index (χ2n) is 3.78. The molecule has 0 spiro atoms. The van der Waals surface area contributed by atoms with Crippen molar-refractivity contribution in [3.05, 3.63) is 64.7 Å². The van der Waals surface area contributed by atoms with Crippen molar-refractivity contribution in [1.29, 1.82) is 0 Å². The van der Waals surface area contributed by atoms with E-state index in [1.54, 1.807) is 19.2 Å². The van der Waals surface area contributed by atoms with Crippen LogP contribution in [0.15, 0.2) is 53.6 Å². The summed E-state index contributed by atoms with van der Waals surface area (Å²) >= 11 is 6.02. The molecule has 0 aromatic heterocycles. The first-order chi connectivity index (χ1) is 8.72. The number of nitrogens with one attached hydrogen (secondary N) is 1. The van der Waals surface area contributed by atoms with Gasteiger partial charge in [-0.3, -0.25) is 0 Å². The Morgan fingerprint density at radius 2 is 1.89 bits per heavy atom. The van der Waals surface area contributed by atoms with E-state index in [-0.39, 0.29) is 0 Å². The fraction of sp³-hybridized carbons (Fsp3) is 0.0714. The Kier molecular flexibility index (Phi) is 3.85. The molecule has 0 atom stereocenters. The molecule has 0 radical (unpaired) electrons. The molecule has 0 fully saturated rings. The standard InChI is InChI=1S/C14H14ClN3/c1-17-18-14(10-5-3-2-4-6-10)12-9-11(15)7-8-13(12)16/h2-9,17H,16H2,1H3/b18-14+. The fourth-order valence-corrected chi connectivity index (χ4v) is 1.89. The Morgan fingerprint density at radius 1 is 1.17 bits per heavy atom. The molecule has 0 aliphatic rings. The van der Waals surface area contributed by atoms with E-state index >= 15 is 0 Å². The third-order valence-corrected chi connectivity index (χ3v) is 2.78. The normalized spacial score (nSPS) is 11.3. The van der Waals surface area contributed by atoms with E-state index < -0.39 is 0 Å². The molecule has 0 aliphatic heterocycles. The van der Waals surface area contributed by atoms with Crippen LogP contribution < -0.4 is 11.2 Å². The van der Waals surface area contributed by atoms with Crippen LogP contribution >= 0.6 is 11.6 Å². The van der Waals surface area contributed by atoms with Crippen LogP contribution in [0, 0.1) is 0 Å². The largest absolute Gasteiger partial charge is 0.398 e. The summed E-state index contributed by atoms with van der Waals surface area (Å²) < 4.78 is 0. The molecular formula is C14H14ClN3. The van der Waals surface area contributed by atoms with E-state index in [9.17, 15) is 0 Å². The second kappa shape index (κ2) is 5.56. The smallest absolute Gasteiger partial charge is 0.0994 e.